The molecule has 18 heavy (non-hydrogen) atoms. The Morgan fingerprint density at radius 3 is 2.50 bits per heavy atom. The van der Waals surface area contributed by atoms with Gasteiger partial charge in [-0.25, -0.2) is 9.78 Å². The second-order valence-corrected chi connectivity index (χ2v) is 4.90. The number of carbonyl (C=O) groups excluding carboxylic acids is 1. The molecule has 0 spiro atoms. The average molecular weight is 262 g/mol. The zero-order valence-corrected chi connectivity index (χ0v) is 11.3. The fourth-order valence-corrected chi connectivity index (χ4v) is 2.45. The van der Waals surface area contributed by atoms with Gasteiger partial charge in [-0.2, -0.15) is 0 Å². The van der Waals surface area contributed by atoms with E-state index in [0.717, 1.165) is 10.7 Å². The molecule has 0 aliphatic rings. The molecule has 0 atom stereocenters. The molecule has 0 unspecified atom stereocenters. The van der Waals surface area contributed by atoms with Crippen LogP contribution in [0.3, 0.4) is 0 Å². The van der Waals surface area contributed by atoms with Crippen LogP contribution in [0.15, 0.2) is 30.3 Å². The summed E-state index contributed by atoms with van der Waals surface area (Å²) in [6, 6.07) is 9.64. The largest absolute Gasteiger partial charge is 0.465 e. The van der Waals surface area contributed by atoms with Gasteiger partial charge < -0.3 is 9.64 Å². The van der Waals surface area contributed by atoms with E-state index in [0.29, 0.717) is 10.6 Å². The van der Waals surface area contributed by atoms with Crippen molar-refractivity contribution in [3.05, 3.63) is 35.2 Å². The first-order valence-electron chi connectivity index (χ1n) is 5.45. The highest BCUT2D eigenvalue weighted by molar-refractivity contribution is 7.17. The van der Waals surface area contributed by atoms with E-state index in [-0.39, 0.29) is 5.97 Å². The van der Waals surface area contributed by atoms with E-state index >= 15 is 0 Å². The maximum atomic E-state index is 11.8. The predicted molar refractivity (Wildman–Crippen MR) is 73.2 cm³/mol. The number of esters is 1. The Morgan fingerprint density at radius 2 is 1.94 bits per heavy atom. The molecule has 0 aliphatic carbocycles. The third-order valence-electron chi connectivity index (χ3n) is 2.42. The number of hydrogen-bond acceptors (Lipinski definition) is 5. The van der Waals surface area contributed by atoms with Gasteiger partial charge in [0, 0.05) is 19.7 Å². The molecule has 2 aromatic rings. The quantitative estimate of drug-likeness (QED) is 0.798. The maximum absolute atomic E-state index is 11.8. The van der Waals surface area contributed by atoms with Crippen LogP contribution in [0.2, 0.25) is 0 Å². The van der Waals surface area contributed by atoms with Gasteiger partial charge in [0.05, 0.1) is 12.8 Å². The minimum atomic E-state index is -0.348. The zero-order chi connectivity index (χ0) is 13.1. The predicted octanol–water partition coefficient (Wildman–Crippen LogP) is 2.66. The van der Waals surface area contributed by atoms with Crippen LogP contribution in [-0.2, 0) is 4.74 Å². The molecule has 1 aromatic heterocycles. The van der Waals surface area contributed by atoms with Crippen molar-refractivity contribution in [3.63, 3.8) is 0 Å². The SMILES string of the molecule is COC(=O)c1sc(N(C)C)nc1-c1ccccc1. The number of aromatic nitrogens is 1. The van der Waals surface area contributed by atoms with Crippen LogP contribution >= 0.6 is 11.3 Å². The fourth-order valence-electron chi connectivity index (χ4n) is 1.52. The summed E-state index contributed by atoms with van der Waals surface area (Å²) in [6.45, 7) is 0. The van der Waals surface area contributed by atoms with Gasteiger partial charge in [0.1, 0.15) is 4.88 Å². The molecule has 2 rings (SSSR count). The van der Waals surface area contributed by atoms with Crippen LogP contribution in [0, 0.1) is 0 Å². The minimum Gasteiger partial charge on any atom is -0.465 e. The molecule has 0 aliphatic heterocycles. The molecule has 1 heterocycles. The molecule has 1 aromatic carbocycles. The van der Waals surface area contributed by atoms with Crippen LogP contribution in [0.5, 0.6) is 0 Å². The second-order valence-electron chi connectivity index (χ2n) is 3.93. The first-order chi connectivity index (χ1) is 8.63. The summed E-state index contributed by atoms with van der Waals surface area (Å²) in [7, 11) is 5.18. The Labute approximate surface area is 110 Å². The van der Waals surface area contributed by atoms with Gasteiger partial charge in [0.15, 0.2) is 5.13 Å². The third kappa shape index (κ3) is 2.36. The van der Waals surface area contributed by atoms with Crippen LogP contribution in [0.1, 0.15) is 9.67 Å². The summed E-state index contributed by atoms with van der Waals surface area (Å²) < 4.78 is 4.80. The number of carbonyl (C=O) groups is 1. The number of thiazole rings is 1. The summed E-state index contributed by atoms with van der Waals surface area (Å²) in [6.07, 6.45) is 0. The molecule has 0 saturated heterocycles. The summed E-state index contributed by atoms with van der Waals surface area (Å²) >= 11 is 1.34. The lowest BCUT2D eigenvalue weighted by molar-refractivity contribution is 0.0607. The Bertz CT molecular complexity index is 549. The summed E-state index contributed by atoms with van der Waals surface area (Å²) in [4.78, 5) is 18.7. The van der Waals surface area contributed by atoms with Crippen molar-refractivity contribution in [2.45, 2.75) is 0 Å². The Morgan fingerprint density at radius 1 is 1.28 bits per heavy atom. The fraction of sp³-hybridized carbons (Fsp3) is 0.231. The lowest BCUT2D eigenvalue weighted by Crippen LogP contribution is -2.07. The monoisotopic (exact) mass is 262 g/mol. The van der Waals surface area contributed by atoms with Gasteiger partial charge in [-0.15, -0.1) is 0 Å². The topological polar surface area (TPSA) is 42.4 Å². The first kappa shape index (κ1) is 12.6. The highest BCUT2D eigenvalue weighted by Crippen LogP contribution is 2.32. The molecule has 0 fully saturated rings. The van der Waals surface area contributed by atoms with E-state index in [4.69, 9.17) is 4.74 Å². The van der Waals surface area contributed by atoms with Gasteiger partial charge in [-0.1, -0.05) is 41.7 Å². The molecule has 0 amide bonds. The van der Waals surface area contributed by atoms with Crippen molar-refractivity contribution in [2.24, 2.45) is 0 Å². The number of ether oxygens (including phenoxy) is 1. The maximum Gasteiger partial charge on any atom is 0.350 e. The third-order valence-corrected chi connectivity index (χ3v) is 3.62. The van der Waals surface area contributed by atoms with Crippen LogP contribution in [0.4, 0.5) is 5.13 Å². The van der Waals surface area contributed by atoms with Crippen molar-refractivity contribution in [3.8, 4) is 11.3 Å². The normalized spacial score (nSPS) is 10.2. The van der Waals surface area contributed by atoms with Crippen molar-refractivity contribution < 1.29 is 9.53 Å². The standard InChI is InChI=1S/C13H14N2O2S/c1-15(2)13-14-10(9-7-5-4-6-8-9)11(18-13)12(16)17-3/h4-8H,1-3H3. The number of anilines is 1. The first-order valence-corrected chi connectivity index (χ1v) is 6.27. The molecule has 0 bridgehead atoms. The molecule has 0 N–H and O–H groups in total. The Hall–Kier alpha value is -1.88. The van der Waals surface area contributed by atoms with Crippen LogP contribution < -0.4 is 4.90 Å². The molecule has 94 valence electrons. The number of benzene rings is 1. The van der Waals surface area contributed by atoms with Gasteiger partial charge in [0.25, 0.3) is 0 Å². The number of nitrogens with zero attached hydrogens (tertiary/aromatic N) is 2. The van der Waals surface area contributed by atoms with E-state index in [2.05, 4.69) is 4.98 Å². The smallest absolute Gasteiger partial charge is 0.350 e. The van der Waals surface area contributed by atoms with Gasteiger partial charge in [-0.05, 0) is 0 Å². The Balaban J connectivity index is 2.54. The minimum absolute atomic E-state index is 0.348. The van der Waals surface area contributed by atoms with Crippen molar-refractivity contribution >= 4 is 22.4 Å². The van der Waals surface area contributed by atoms with Gasteiger partial charge in [-0.3, -0.25) is 0 Å². The number of methoxy groups -OCH3 is 1. The molecular formula is C13H14N2O2S. The van der Waals surface area contributed by atoms with E-state index < -0.39 is 0 Å². The van der Waals surface area contributed by atoms with E-state index in [9.17, 15) is 4.79 Å². The van der Waals surface area contributed by atoms with Crippen molar-refractivity contribution in [1.29, 1.82) is 0 Å². The van der Waals surface area contributed by atoms with E-state index in [1.165, 1.54) is 18.4 Å². The molecule has 5 heteroatoms. The molecule has 4 nitrogen and oxygen atoms in total. The molecular weight excluding hydrogens is 248 g/mol. The number of rotatable bonds is 3. The molecule has 0 radical (unpaired) electrons. The molecule has 0 saturated carbocycles. The van der Waals surface area contributed by atoms with Crippen molar-refractivity contribution in [1.82, 2.24) is 4.98 Å². The lowest BCUT2D eigenvalue weighted by atomic mass is 10.1. The summed E-state index contributed by atoms with van der Waals surface area (Å²) in [5.41, 5.74) is 1.60. The highest BCUT2D eigenvalue weighted by atomic mass is 32.1. The van der Waals surface area contributed by atoms with Gasteiger partial charge in [0.2, 0.25) is 0 Å². The second kappa shape index (κ2) is 5.18. The highest BCUT2D eigenvalue weighted by Gasteiger charge is 2.20. The zero-order valence-electron chi connectivity index (χ0n) is 10.5. The summed E-state index contributed by atoms with van der Waals surface area (Å²) in [5.74, 6) is -0.348. The van der Waals surface area contributed by atoms with E-state index in [1.54, 1.807) is 0 Å². The number of hydrogen-bond donors (Lipinski definition) is 0. The average Bonchev–Trinajstić information content (AvgIpc) is 2.84. The van der Waals surface area contributed by atoms with Crippen molar-refractivity contribution in [2.75, 3.05) is 26.1 Å². The van der Waals surface area contributed by atoms with Gasteiger partial charge >= 0.3 is 5.97 Å². The lowest BCUT2D eigenvalue weighted by Gasteiger charge is -2.05. The van der Waals surface area contributed by atoms with E-state index in [1.807, 2.05) is 49.3 Å². The van der Waals surface area contributed by atoms with Crippen LogP contribution in [0.25, 0.3) is 11.3 Å². The summed E-state index contributed by atoms with van der Waals surface area (Å²) in [5, 5.41) is 0.786. The van der Waals surface area contributed by atoms with Crippen LogP contribution in [-0.4, -0.2) is 32.2 Å². The Kier molecular flexibility index (Phi) is 3.62.